The van der Waals surface area contributed by atoms with E-state index in [1.165, 1.54) is 23.5 Å². The number of aryl methyl sites for hydroxylation is 2. The molecular formula is C15H22IN5S. The number of fused-ring (bicyclic) bond motifs is 1. The standard InChI is InChI=1S/C15H21N5S.HI/c16-15(17-7-6-13-4-3-9-21-13)18-10-12-11-20-8-2-1-5-14(20)19-12;/h3-4,9,11H,1-2,5-8,10H2,(H3,16,17,18);1H. The minimum Gasteiger partial charge on any atom is -0.370 e. The number of nitrogens with two attached hydrogens (primary N) is 1. The van der Waals surface area contributed by atoms with Crippen LogP contribution in [0.2, 0.25) is 0 Å². The molecule has 2 aromatic heterocycles. The van der Waals surface area contributed by atoms with Gasteiger partial charge in [0.1, 0.15) is 5.82 Å². The van der Waals surface area contributed by atoms with Crippen molar-refractivity contribution < 1.29 is 0 Å². The first-order chi connectivity index (χ1) is 10.3. The van der Waals surface area contributed by atoms with Crippen LogP contribution in [0.25, 0.3) is 0 Å². The smallest absolute Gasteiger partial charge is 0.188 e. The SMILES string of the molecule is I.NC(=NCc1cn2c(n1)CCCC2)NCCc1cccs1. The van der Waals surface area contributed by atoms with Gasteiger partial charge in [-0.2, -0.15) is 0 Å². The highest BCUT2D eigenvalue weighted by Crippen LogP contribution is 2.14. The van der Waals surface area contributed by atoms with Crippen molar-refractivity contribution in [1.82, 2.24) is 14.9 Å². The van der Waals surface area contributed by atoms with E-state index in [0.29, 0.717) is 12.5 Å². The molecule has 0 bridgehead atoms. The highest BCUT2D eigenvalue weighted by atomic mass is 127. The van der Waals surface area contributed by atoms with Gasteiger partial charge in [-0.3, -0.25) is 0 Å². The number of nitrogens with zero attached hydrogens (tertiary/aromatic N) is 3. The Kier molecular flexibility index (Phi) is 6.69. The van der Waals surface area contributed by atoms with Crippen LogP contribution in [-0.2, 0) is 25.9 Å². The second-order valence-corrected chi connectivity index (χ2v) is 6.29. The van der Waals surface area contributed by atoms with E-state index in [0.717, 1.165) is 31.6 Å². The number of halogens is 1. The van der Waals surface area contributed by atoms with Crippen molar-refractivity contribution in [3.63, 3.8) is 0 Å². The average Bonchev–Trinajstić information content (AvgIpc) is 3.13. The molecule has 0 aliphatic carbocycles. The quantitative estimate of drug-likeness (QED) is 0.435. The molecule has 0 fully saturated rings. The van der Waals surface area contributed by atoms with Crippen molar-refractivity contribution in [2.45, 2.75) is 38.8 Å². The Bertz CT molecular complexity index is 582. The molecule has 0 spiro atoms. The summed E-state index contributed by atoms with van der Waals surface area (Å²) in [4.78, 5) is 10.3. The van der Waals surface area contributed by atoms with Crippen molar-refractivity contribution in [1.29, 1.82) is 0 Å². The van der Waals surface area contributed by atoms with Crippen LogP contribution in [0.1, 0.15) is 29.2 Å². The average molecular weight is 431 g/mol. The van der Waals surface area contributed by atoms with Crippen LogP contribution in [0.5, 0.6) is 0 Å². The van der Waals surface area contributed by atoms with Crippen molar-refractivity contribution in [3.05, 3.63) is 40.1 Å². The molecule has 0 atom stereocenters. The van der Waals surface area contributed by atoms with Crippen LogP contribution in [0.15, 0.2) is 28.7 Å². The third-order valence-corrected chi connectivity index (χ3v) is 4.56. The van der Waals surface area contributed by atoms with Gasteiger partial charge < -0.3 is 15.6 Å². The van der Waals surface area contributed by atoms with Crippen LogP contribution in [-0.4, -0.2) is 22.1 Å². The van der Waals surface area contributed by atoms with Crippen LogP contribution in [0.3, 0.4) is 0 Å². The largest absolute Gasteiger partial charge is 0.370 e. The summed E-state index contributed by atoms with van der Waals surface area (Å²) in [5.74, 6) is 1.69. The lowest BCUT2D eigenvalue weighted by Crippen LogP contribution is -2.33. The maximum absolute atomic E-state index is 5.89. The van der Waals surface area contributed by atoms with Gasteiger partial charge in [-0.25, -0.2) is 9.98 Å². The van der Waals surface area contributed by atoms with Gasteiger partial charge in [-0.1, -0.05) is 6.07 Å². The summed E-state index contributed by atoms with van der Waals surface area (Å²) < 4.78 is 2.24. The molecule has 7 heteroatoms. The molecule has 120 valence electrons. The summed E-state index contributed by atoms with van der Waals surface area (Å²) in [5.41, 5.74) is 6.90. The Morgan fingerprint density at radius 2 is 2.36 bits per heavy atom. The molecule has 5 nitrogen and oxygen atoms in total. The molecule has 0 aromatic carbocycles. The number of imidazole rings is 1. The van der Waals surface area contributed by atoms with Crippen molar-refractivity contribution in [3.8, 4) is 0 Å². The zero-order chi connectivity index (χ0) is 14.5. The molecule has 2 aromatic rings. The first kappa shape index (κ1) is 17.3. The number of aromatic nitrogens is 2. The van der Waals surface area contributed by atoms with Crippen LogP contribution in [0.4, 0.5) is 0 Å². The second-order valence-electron chi connectivity index (χ2n) is 5.26. The fourth-order valence-corrected chi connectivity index (χ4v) is 3.25. The molecule has 0 unspecified atom stereocenters. The summed E-state index contributed by atoms with van der Waals surface area (Å²) in [6, 6.07) is 4.20. The van der Waals surface area contributed by atoms with E-state index in [9.17, 15) is 0 Å². The lowest BCUT2D eigenvalue weighted by Gasteiger charge is -2.11. The molecule has 3 heterocycles. The maximum Gasteiger partial charge on any atom is 0.188 e. The van der Waals surface area contributed by atoms with Crippen LogP contribution in [0, 0.1) is 0 Å². The van der Waals surface area contributed by atoms with Gasteiger partial charge in [-0.15, -0.1) is 35.3 Å². The minimum absolute atomic E-state index is 0. The molecule has 1 aliphatic heterocycles. The van der Waals surface area contributed by atoms with Gasteiger partial charge in [0.2, 0.25) is 0 Å². The second kappa shape index (κ2) is 8.52. The maximum atomic E-state index is 5.89. The number of thiophene rings is 1. The Hall–Kier alpha value is -1.09. The summed E-state index contributed by atoms with van der Waals surface area (Å²) in [5, 5.41) is 5.24. The molecule has 0 amide bonds. The number of nitrogens with one attached hydrogen (secondary N) is 1. The van der Waals surface area contributed by atoms with E-state index < -0.39 is 0 Å². The number of hydrogen-bond acceptors (Lipinski definition) is 3. The monoisotopic (exact) mass is 431 g/mol. The minimum atomic E-state index is 0. The topological polar surface area (TPSA) is 68.2 Å². The number of guanidine groups is 1. The van der Waals surface area contributed by atoms with Crippen molar-refractivity contribution >= 4 is 41.3 Å². The Labute approximate surface area is 152 Å². The van der Waals surface area contributed by atoms with Crippen LogP contribution >= 0.6 is 35.3 Å². The van der Waals surface area contributed by atoms with E-state index in [1.807, 2.05) is 0 Å². The van der Waals surface area contributed by atoms with Crippen molar-refractivity contribution in [2.75, 3.05) is 6.54 Å². The summed E-state index contributed by atoms with van der Waals surface area (Å²) >= 11 is 1.77. The molecule has 1 aliphatic rings. The Morgan fingerprint density at radius 3 is 3.14 bits per heavy atom. The van der Waals surface area contributed by atoms with Gasteiger partial charge >= 0.3 is 0 Å². The predicted molar refractivity (Wildman–Crippen MR) is 102 cm³/mol. The first-order valence-electron chi connectivity index (χ1n) is 7.42. The fraction of sp³-hybridized carbons (Fsp3) is 0.467. The zero-order valence-corrected chi connectivity index (χ0v) is 15.6. The van der Waals surface area contributed by atoms with Gasteiger partial charge in [0, 0.05) is 30.6 Å². The number of aliphatic imine (C=N–C) groups is 1. The van der Waals surface area contributed by atoms with E-state index >= 15 is 0 Å². The molecule has 0 radical (unpaired) electrons. The highest BCUT2D eigenvalue weighted by Gasteiger charge is 2.11. The fourth-order valence-electron chi connectivity index (χ4n) is 2.54. The van der Waals surface area contributed by atoms with Crippen LogP contribution < -0.4 is 11.1 Å². The first-order valence-corrected chi connectivity index (χ1v) is 8.30. The third-order valence-electron chi connectivity index (χ3n) is 3.63. The van der Waals surface area contributed by atoms with Gasteiger partial charge in [-0.05, 0) is 30.7 Å². The Morgan fingerprint density at radius 1 is 1.45 bits per heavy atom. The molecule has 0 saturated carbocycles. The van der Waals surface area contributed by atoms with E-state index in [1.54, 1.807) is 11.3 Å². The number of rotatable bonds is 5. The van der Waals surface area contributed by atoms with E-state index in [4.69, 9.17) is 5.73 Å². The molecule has 0 saturated heterocycles. The molecular weight excluding hydrogens is 409 g/mol. The third kappa shape index (κ3) is 4.70. The van der Waals surface area contributed by atoms with E-state index in [2.05, 4.69) is 43.6 Å². The summed E-state index contributed by atoms with van der Waals surface area (Å²) in [6.45, 7) is 2.45. The molecule has 3 N–H and O–H groups in total. The molecule has 22 heavy (non-hydrogen) atoms. The van der Waals surface area contributed by atoms with Gasteiger partial charge in [0.25, 0.3) is 0 Å². The van der Waals surface area contributed by atoms with Gasteiger partial charge in [0.05, 0.1) is 12.2 Å². The Balaban J connectivity index is 0.00000176. The highest BCUT2D eigenvalue weighted by molar-refractivity contribution is 14.0. The molecule has 3 rings (SSSR count). The normalized spacial score (nSPS) is 14.3. The summed E-state index contributed by atoms with van der Waals surface area (Å²) in [7, 11) is 0. The van der Waals surface area contributed by atoms with Crippen molar-refractivity contribution in [2.24, 2.45) is 10.7 Å². The summed E-state index contributed by atoms with van der Waals surface area (Å²) in [6.07, 6.45) is 6.66. The number of hydrogen-bond donors (Lipinski definition) is 2. The van der Waals surface area contributed by atoms with Gasteiger partial charge in [0.15, 0.2) is 5.96 Å². The van der Waals surface area contributed by atoms with E-state index in [-0.39, 0.29) is 24.0 Å². The zero-order valence-electron chi connectivity index (χ0n) is 12.5. The lowest BCUT2D eigenvalue weighted by molar-refractivity contribution is 0.522. The predicted octanol–water partition coefficient (Wildman–Crippen LogP) is 2.55. The lowest BCUT2D eigenvalue weighted by atomic mass is 10.2.